The highest BCUT2D eigenvalue weighted by Gasteiger charge is 2.26. The third-order valence-corrected chi connectivity index (χ3v) is 4.62. The van der Waals surface area contributed by atoms with Gasteiger partial charge in [-0.05, 0) is 25.7 Å². The number of anilines is 2. The second kappa shape index (κ2) is 5.74. The maximum Gasteiger partial charge on any atom is 0.170 e. The first-order chi connectivity index (χ1) is 9.81. The lowest BCUT2D eigenvalue weighted by Gasteiger charge is -2.17. The number of aromatic nitrogens is 2. The molecule has 5 nitrogen and oxygen atoms in total. The van der Waals surface area contributed by atoms with Crippen molar-refractivity contribution in [2.24, 2.45) is 0 Å². The fourth-order valence-electron chi connectivity index (χ4n) is 3.47. The Kier molecular flexibility index (Phi) is 3.81. The summed E-state index contributed by atoms with van der Waals surface area (Å²) in [5, 5.41) is 14.1. The second-order valence-electron chi connectivity index (χ2n) is 5.98. The predicted molar refractivity (Wildman–Crippen MR) is 79.5 cm³/mol. The Hall–Kier alpha value is -1.70. The first-order valence-corrected chi connectivity index (χ1v) is 7.84. The van der Waals surface area contributed by atoms with E-state index in [1.165, 1.54) is 38.5 Å². The monoisotopic (exact) mass is 273 g/mol. The van der Waals surface area contributed by atoms with E-state index in [0.29, 0.717) is 17.4 Å². The van der Waals surface area contributed by atoms with E-state index in [4.69, 9.17) is 10.8 Å². The quantitative estimate of drug-likeness (QED) is 0.841. The molecule has 0 aromatic carbocycles. The Morgan fingerprint density at radius 2 is 1.70 bits per heavy atom. The summed E-state index contributed by atoms with van der Waals surface area (Å²) in [6.45, 7) is 1.99. The molecule has 2 fully saturated rings. The van der Waals surface area contributed by atoms with Gasteiger partial charge in [0.2, 0.25) is 0 Å². The van der Waals surface area contributed by atoms with Gasteiger partial charge in [-0.1, -0.05) is 25.7 Å². The van der Waals surface area contributed by atoms with Crippen LogP contribution < -0.4 is 10.6 Å². The van der Waals surface area contributed by atoms with E-state index >= 15 is 0 Å². The van der Waals surface area contributed by atoms with Crippen molar-refractivity contribution in [3.63, 3.8) is 0 Å². The number of nitrogen functional groups attached to an aromatic ring is 1. The minimum Gasteiger partial charge on any atom is -0.383 e. The van der Waals surface area contributed by atoms with Crippen molar-refractivity contribution >= 4 is 11.6 Å². The van der Waals surface area contributed by atoms with Gasteiger partial charge in [-0.3, -0.25) is 0 Å². The summed E-state index contributed by atoms with van der Waals surface area (Å²) >= 11 is 0. The van der Waals surface area contributed by atoms with Crippen molar-refractivity contribution in [3.8, 4) is 6.07 Å². The summed E-state index contributed by atoms with van der Waals surface area (Å²) in [5.74, 6) is 1.38. The molecule has 20 heavy (non-hydrogen) atoms. The smallest absolute Gasteiger partial charge is 0.170 e. The van der Waals surface area contributed by atoms with E-state index in [0.717, 1.165) is 31.7 Å². The molecule has 0 atom stereocenters. The molecular formula is C15H23N5. The van der Waals surface area contributed by atoms with Crippen LogP contribution in [0.2, 0.25) is 0 Å². The zero-order valence-corrected chi connectivity index (χ0v) is 12.0. The van der Waals surface area contributed by atoms with Gasteiger partial charge in [-0.2, -0.15) is 10.4 Å². The molecule has 0 unspecified atom stereocenters. The molecule has 2 aliphatic rings. The van der Waals surface area contributed by atoms with Gasteiger partial charge in [0.25, 0.3) is 0 Å². The summed E-state index contributed by atoms with van der Waals surface area (Å²) in [6.07, 6.45) is 9.73. The average molecular weight is 273 g/mol. The van der Waals surface area contributed by atoms with Crippen molar-refractivity contribution < 1.29 is 0 Å². The highest BCUT2D eigenvalue weighted by molar-refractivity contribution is 5.65. The highest BCUT2D eigenvalue weighted by Crippen LogP contribution is 2.34. The Morgan fingerprint density at radius 1 is 1.05 bits per heavy atom. The van der Waals surface area contributed by atoms with Crippen LogP contribution in [0.4, 0.5) is 11.6 Å². The zero-order chi connectivity index (χ0) is 13.9. The lowest BCUT2D eigenvalue weighted by atomic mass is 10.1. The predicted octanol–water partition coefficient (Wildman–Crippen LogP) is 2.83. The first kappa shape index (κ1) is 13.3. The van der Waals surface area contributed by atoms with Gasteiger partial charge in [-0.25, -0.2) is 4.68 Å². The van der Waals surface area contributed by atoms with Crippen LogP contribution >= 0.6 is 0 Å². The molecule has 1 aliphatic heterocycles. The molecule has 1 aromatic rings. The number of hydrogen-bond donors (Lipinski definition) is 1. The van der Waals surface area contributed by atoms with Crippen LogP contribution in [-0.2, 0) is 0 Å². The first-order valence-electron chi connectivity index (χ1n) is 7.84. The SMILES string of the molecule is N#Cc1c(N2CCCC2)nn(C2CCCCCC2)c1N. The molecule has 0 amide bonds. The summed E-state index contributed by atoms with van der Waals surface area (Å²) in [6, 6.07) is 2.64. The van der Waals surface area contributed by atoms with Gasteiger partial charge in [0, 0.05) is 13.1 Å². The van der Waals surface area contributed by atoms with Gasteiger partial charge < -0.3 is 10.6 Å². The zero-order valence-electron chi connectivity index (χ0n) is 12.0. The topological polar surface area (TPSA) is 70.9 Å². The van der Waals surface area contributed by atoms with Gasteiger partial charge in [-0.15, -0.1) is 0 Å². The largest absolute Gasteiger partial charge is 0.383 e. The number of nitrogens with zero attached hydrogens (tertiary/aromatic N) is 4. The maximum atomic E-state index is 9.42. The Morgan fingerprint density at radius 3 is 2.30 bits per heavy atom. The van der Waals surface area contributed by atoms with Crippen LogP contribution in [0, 0.1) is 11.3 Å². The van der Waals surface area contributed by atoms with E-state index in [9.17, 15) is 5.26 Å². The number of rotatable bonds is 2. The van der Waals surface area contributed by atoms with E-state index in [1.807, 2.05) is 4.68 Å². The van der Waals surface area contributed by atoms with E-state index in [-0.39, 0.29) is 0 Å². The molecule has 0 bridgehead atoms. The molecule has 0 spiro atoms. The van der Waals surface area contributed by atoms with Crippen molar-refractivity contribution in [2.75, 3.05) is 23.7 Å². The Bertz CT molecular complexity index is 499. The number of nitrogens with two attached hydrogens (primary N) is 1. The summed E-state index contributed by atoms with van der Waals surface area (Å²) < 4.78 is 1.94. The fourth-order valence-corrected chi connectivity index (χ4v) is 3.47. The van der Waals surface area contributed by atoms with Gasteiger partial charge in [0.1, 0.15) is 17.5 Å². The van der Waals surface area contributed by atoms with Crippen molar-refractivity contribution in [1.29, 1.82) is 5.26 Å². The molecule has 1 aliphatic carbocycles. The van der Waals surface area contributed by atoms with Gasteiger partial charge >= 0.3 is 0 Å². The minimum absolute atomic E-state index is 0.376. The van der Waals surface area contributed by atoms with Crippen molar-refractivity contribution in [3.05, 3.63) is 5.56 Å². The van der Waals surface area contributed by atoms with Gasteiger partial charge in [0.05, 0.1) is 6.04 Å². The molecule has 5 heteroatoms. The molecule has 2 heterocycles. The summed E-state index contributed by atoms with van der Waals surface area (Å²) in [4.78, 5) is 2.21. The summed E-state index contributed by atoms with van der Waals surface area (Å²) in [7, 11) is 0. The maximum absolute atomic E-state index is 9.42. The van der Waals surface area contributed by atoms with Crippen LogP contribution in [0.15, 0.2) is 0 Å². The lowest BCUT2D eigenvalue weighted by Crippen LogP contribution is -2.20. The van der Waals surface area contributed by atoms with Crippen LogP contribution in [0.25, 0.3) is 0 Å². The summed E-state index contributed by atoms with van der Waals surface area (Å²) in [5.41, 5.74) is 6.80. The van der Waals surface area contributed by atoms with Crippen LogP contribution in [-0.4, -0.2) is 22.9 Å². The van der Waals surface area contributed by atoms with Crippen LogP contribution in [0.5, 0.6) is 0 Å². The molecule has 2 N–H and O–H groups in total. The second-order valence-corrected chi connectivity index (χ2v) is 5.98. The molecule has 3 rings (SSSR count). The van der Waals surface area contributed by atoms with Crippen LogP contribution in [0.3, 0.4) is 0 Å². The van der Waals surface area contributed by atoms with E-state index in [2.05, 4.69) is 11.0 Å². The molecule has 1 saturated heterocycles. The Labute approximate surface area is 120 Å². The van der Waals surface area contributed by atoms with E-state index < -0.39 is 0 Å². The Balaban J connectivity index is 1.92. The molecule has 1 saturated carbocycles. The molecule has 108 valence electrons. The third-order valence-electron chi connectivity index (χ3n) is 4.62. The molecular weight excluding hydrogens is 250 g/mol. The number of nitriles is 1. The standard InChI is InChI=1S/C15H23N5/c16-11-13-14(17)20(12-7-3-1-2-4-8-12)18-15(13)19-9-5-6-10-19/h12H,1-10,17H2. The van der Waals surface area contributed by atoms with Gasteiger partial charge in [0.15, 0.2) is 5.82 Å². The van der Waals surface area contributed by atoms with E-state index in [1.54, 1.807) is 0 Å². The third kappa shape index (κ3) is 2.35. The number of hydrogen-bond acceptors (Lipinski definition) is 4. The lowest BCUT2D eigenvalue weighted by molar-refractivity contribution is 0.411. The molecule has 1 aromatic heterocycles. The average Bonchev–Trinajstić information content (AvgIpc) is 3.00. The van der Waals surface area contributed by atoms with Crippen LogP contribution in [0.1, 0.15) is 63.0 Å². The minimum atomic E-state index is 0.376. The van der Waals surface area contributed by atoms with Crippen molar-refractivity contribution in [2.45, 2.75) is 57.4 Å². The molecule has 0 radical (unpaired) electrons. The normalized spacial score (nSPS) is 20.9. The fraction of sp³-hybridized carbons (Fsp3) is 0.733. The van der Waals surface area contributed by atoms with Crippen molar-refractivity contribution in [1.82, 2.24) is 9.78 Å². The highest BCUT2D eigenvalue weighted by atomic mass is 15.4.